The van der Waals surface area contributed by atoms with Crippen molar-refractivity contribution in [3.63, 3.8) is 0 Å². The van der Waals surface area contributed by atoms with E-state index in [4.69, 9.17) is 14.2 Å². The van der Waals surface area contributed by atoms with Gasteiger partial charge in [0, 0.05) is 0 Å². The van der Waals surface area contributed by atoms with Gasteiger partial charge in [0.05, 0.1) is 33.1 Å². The van der Waals surface area contributed by atoms with Gasteiger partial charge in [-0.1, -0.05) is 6.07 Å². The largest absolute Gasteiger partial charge is 0.493 e. The Kier molecular flexibility index (Phi) is 6.49. The zero-order valence-corrected chi connectivity index (χ0v) is 14.6. The van der Waals surface area contributed by atoms with E-state index in [0.717, 1.165) is 16.9 Å². The number of nitrogens with zero attached hydrogens (tertiary/aromatic N) is 1. The summed E-state index contributed by atoms with van der Waals surface area (Å²) in [4.78, 5) is 0. The van der Waals surface area contributed by atoms with Crippen molar-refractivity contribution in [2.45, 2.75) is 26.5 Å². The van der Waals surface area contributed by atoms with Crippen LogP contribution in [0, 0.1) is 0 Å². The zero-order chi connectivity index (χ0) is 17.4. The number of rotatable bonds is 8. The van der Waals surface area contributed by atoms with Crippen LogP contribution in [0.2, 0.25) is 0 Å². The second-order valence-electron chi connectivity index (χ2n) is 5.52. The van der Waals surface area contributed by atoms with Crippen molar-refractivity contribution in [1.82, 2.24) is 5.43 Å². The van der Waals surface area contributed by atoms with Gasteiger partial charge in [0.15, 0.2) is 11.5 Å². The molecule has 2 rings (SSSR count). The van der Waals surface area contributed by atoms with Gasteiger partial charge in [-0.3, -0.25) is 0 Å². The van der Waals surface area contributed by atoms with Crippen molar-refractivity contribution >= 4 is 6.21 Å². The van der Waals surface area contributed by atoms with Crippen molar-refractivity contribution < 1.29 is 14.2 Å². The first-order valence-corrected chi connectivity index (χ1v) is 7.86. The molecule has 0 spiro atoms. The van der Waals surface area contributed by atoms with E-state index in [1.165, 1.54) is 0 Å². The predicted molar refractivity (Wildman–Crippen MR) is 96.2 cm³/mol. The molecule has 0 fully saturated rings. The Morgan fingerprint density at radius 3 is 2.33 bits per heavy atom. The van der Waals surface area contributed by atoms with Gasteiger partial charge < -0.3 is 19.6 Å². The first-order valence-electron chi connectivity index (χ1n) is 7.86. The lowest BCUT2D eigenvalue weighted by Crippen LogP contribution is -2.06. The number of hydrazone groups is 1. The average Bonchev–Trinajstić information content (AvgIpc) is 2.59. The Bertz CT molecular complexity index is 667. The van der Waals surface area contributed by atoms with Gasteiger partial charge >= 0.3 is 0 Å². The van der Waals surface area contributed by atoms with Crippen molar-refractivity contribution in [3.05, 3.63) is 53.6 Å². The Morgan fingerprint density at radius 2 is 1.71 bits per heavy atom. The summed E-state index contributed by atoms with van der Waals surface area (Å²) < 4.78 is 16.1. The molecule has 0 heterocycles. The molecule has 0 aromatic heterocycles. The molecule has 5 nitrogen and oxygen atoms in total. The Labute approximate surface area is 143 Å². The van der Waals surface area contributed by atoms with Crippen LogP contribution in [-0.4, -0.2) is 26.5 Å². The van der Waals surface area contributed by atoms with Crippen LogP contribution >= 0.6 is 0 Å². The van der Waals surface area contributed by atoms with Gasteiger partial charge in [-0.15, -0.1) is 0 Å². The van der Waals surface area contributed by atoms with Gasteiger partial charge in [0.1, 0.15) is 5.75 Å². The summed E-state index contributed by atoms with van der Waals surface area (Å²) in [5.41, 5.74) is 5.09. The second kappa shape index (κ2) is 8.82. The highest BCUT2D eigenvalue weighted by atomic mass is 16.5. The first-order chi connectivity index (χ1) is 11.6. The van der Waals surface area contributed by atoms with Gasteiger partial charge in [-0.2, -0.15) is 5.10 Å². The SMILES string of the molecule is COc1ccc(CN/N=C/c2ccc(OC(C)C)cc2)cc1OC. The molecule has 24 heavy (non-hydrogen) atoms. The molecule has 1 N–H and O–H groups in total. The average molecular weight is 328 g/mol. The molecule has 0 aliphatic carbocycles. The maximum atomic E-state index is 5.61. The molecule has 0 unspecified atom stereocenters. The molecule has 0 aliphatic rings. The molecule has 5 heteroatoms. The van der Waals surface area contributed by atoms with Gasteiger partial charge in [0.25, 0.3) is 0 Å². The highest BCUT2D eigenvalue weighted by Crippen LogP contribution is 2.27. The molecule has 0 amide bonds. The number of benzene rings is 2. The normalized spacial score (nSPS) is 10.9. The summed E-state index contributed by atoms with van der Waals surface area (Å²) in [5.74, 6) is 2.29. The van der Waals surface area contributed by atoms with E-state index in [1.807, 2.05) is 56.3 Å². The lowest BCUT2D eigenvalue weighted by molar-refractivity contribution is 0.242. The van der Waals surface area contributed by atoms with Crippen molar-refractivity contribution in [2.24, 2.45) is 5.10 Å². The molecule has 0 saturated carbocycles. The van der Waals surface area contributed by atoms with Crippen molar-refractivity contribution in [3.8, 4) is 17.2 Å². The van der Waals surface area contributed by atoms with E-state index in [1.54, 1.807) is 20.4 Å². The van der Waals surface area contributed by atoms with Gasteiger partial charge in [-0.25, -0.2) is 0 Å². The third-order valence-corrected chi connectivity index (χ3v) is 3.29. The minimum Gasteiger partial charge on any atom is -0.493 e. The van der Waals surface area contributed by atoms with Crippen molar-refractivity contribution in [1.29, 1.82) is 0 Å². The Morgan fingerprint density at radius 1 is 1.00 bits per heavy atom. The van der Waals surface area contributed by atoms with E-state index >= 15 is 0 Å². The van der Waals surface area contributed by atoms with Crippen LogP contribution in [0.4, 0.5) is 0 Å². The van der Waals surface area contributed by atoms with Gasteiger partial charge in [0.2, 0.25) is 0 Å². The molecule has 0 saturated heterocycles. The summed E-state index contributed by atoms with van der Waals surface area (Å²) in [6.07, 6.45) is 1.95. The maximum absolute atomic E-state index is 5.61. The van der Waals surface area contributed by atoms with Crippen LogP contribution in [0.15, 0.2) is 47.6 Å². The molecule has 0 aliphatic heterocycles. The Balaban J connectivity index is 1.88. The van der Waals surface area contributed by atoms with Crippen LogP contribution in [0.5, 0.6) is 17.2 Å². The number of hydrogen-bond acceptors (Lipinski definition) is 5. The lowest BCUT2D eigenvalue weighted by atomic mass is 10.2. The minimum absolute atomic E-state index is 0.174. The molecule has 2 aromatic carbocycles. The van der Waals surface area contributed by atoms with Crippen molar-refractivity contribution in [2.75, 3.05) is 14.2 Å². The van der Waals surface area contributed by atoms with E-state index in [-0.39, 0.29) is 6.10 Å². The number of hydrogen-bond donors (Lipinski definition) is 1. The maximum Gasteiger partial charge on any atom is 0.161 e. The predicted octanol–water partition coefficient (Wildman–Crippen LogP) is 3.61. The fourth-order valence-corrected chi connectivity index (χ4v) is 2.15. The van der Waals surface area contributed by atoms with Gasteiger partial charge in [-0.05, 0) is 61.4 Å². The third kappa shape index (κ3) is 5.19. The minimum atomic E-state index is 0.174. The topological polar surface area (TPSA) is 52.1 Å². The molecular formula is C19H24N2O3. The molecule has 128 valence electrons. The summed E-state index contributed by atoms with van der Waals surface area (Å²) in [6, 6.07) is 13.6. The quantitative estimate of drug-likeness (QED) is 0.594. The van der Waals surface area contributed by atoms with Crippen LogP contribution in [0.1, 0.15) is 25.0 Å². The van der Waals surface area contributed by atoms with Crippen LogP contribution in [-0.2, 0) is 6.54 Å². The van der Waals surface area contributed by atoms with E-state index in [0.29, 0.717) is 18.0 Å². The Hall–Kier alpha value is -2.69. The smallest absolute Gasteiger partial charge is 0.161 e. The summed E-state index contributed by atoms with van der Waals surface area (Å²) in [7, 11) is 3.25. The molecular weight excluding hydrogens is 304 g/mol. The highest BCUT2D eigenvalue weighted by molar-refractivity contribution is 5.79. The summed E-state index contributed by atoms with van der Waals surface area (Å²) in [5, 5.41) is 4.24. The summed E-state index contributed by atoms with van der Waals surface area (Å²) in [6.45, 7) is 4.62. The van der Waals surface area contributed by atoms with Crippen LogP contribution in [0.25, 0.3) is 0 Å². The molecule has 2 aromatic rings. The van der Waals surface area contributed by atoms with E-state index < -0.39 is 0 Å². The second-order valence-corrected chi connectivity index (χ2v) is 5.52. The third-order valence-electron chi connectivity index (χ3n) is 3.29. The monoisotopic (exact) mass is 328 g/mol. The van der Waals surface area contributed by atoms with Crippen LogP contribution in [0.3, 0.4) is 0 Å². The summed E-state index contributed by atoms with van der Waals surface area (Å²) >= 11 is 0. The molecule has 0 radical (unpaired) electrons. The standard InChI is InChI=1S/C19H24N2O3/c1-14(2)24-17-8-5-15(6-9-17)12-20-21-13-16-7-10-18(22-3)19(11-16)23-4/h5-12,14,21H,13H2,1-4H3/b20-12+. The number of ether oxygens (including phenoxy) is 3. The lowest BCUT2D eigenvalue weighted by Gasteiger charge is -2.09. The first kappa shape index (κ1) is 17.7. The molecule has 0 atom stereocenters. The zero-order valence-electron chi connectivity index (χ0n) is 14.6. The highest BCUT2D eigenvalue weighted by Gasteiger charge is 2.03. The van der Waals surface area contributed by atoms with E-state index in [9.17, 15) is 0 Å². The molecule has 0 bridgehead atoms. The fraction of sp³-hybridized carbons (Fsp3) is 0.316. The number of methoxy groups -OCH3 is 2. The fourth-order valence-electron chi connectivity index (χ4n) is 2.15. The van der Waals surface area contributed by atoms with E-state index in [2.05, 4.69) is 10.5 Å². The van der Waals surface area contributed by atoms with Crippen LogP contribution < -0.4 is 19.6 Å². The number of nitrogens with one attached hydrogen (secondary N) is 1.